The highest BCUT2D eigenvalue weighted by atomic mass is 16.6. The number of amides is 1. The van der Waals surface area contributed by atoms with Crippen molar-refractivity contribution >= 4 is 17.7 Å². The Kier molecular flexibility index (Phi) is 5.76. The number of H-pyrrole nitrogens is 1. The van der Waals surface area contributed by atoms with Gasteiger partial charge in [0.2, 0.25) is 5.91 Å². The molecule has 2 heterocycles. The van der Waals surface area contributed by atoms with Gasteiger partial charge >= 0.3 is 5.97 Å². The summed E-state index contributed by atoms with van der Waals surface area (Å²) >= 11 is 0. The lowest BCUT2D eigenvalue weighted by atomic mass is 9.95. The molecule has 1 aromatic rings. The van der Waals surface area contributed by atoms with Gasteiger partial charge in [0.1, 0.15) is 17.0 Å². The smallest absolute Gasteiger partial charge is 0.344 e. The van der Waals surface area contributed by atoms with Gasteiger partial charge in [-0.25, -0.2) is 4.79 Å². The number of esters is 1. The number of carbonyl (C=O) groups excluding carboxylic acids is 2. The van der Waals surface area contributed by atoms with Crippen molar-refractivity contribution < 1.29 is 19.1 Å². The molecule has 0 bridgehead atoms. The lowest BCUT2D eigenvalue weighted by Gasteiger charge is -2.21. The van der Waals surface area contributed by atoms with Gasteiger partial charge in [-0.1, -0.05) is 0 Å². The molecule has 23 heavy (non-hydrogen) atoms. The van der Waals surface area contributed by atoms with Gasteiger partial charge in [-0.15, -0.1) is 0 Å². The molecule has 0 spiro atoms. The molecule has 0 aliphatic carbocycles. The Morgan fingerprint density at radius 3 is 2.74 bits per heavy atom. The van der Waals surface area contributed by atoms with Crippen molar-refractivity contribution in [3.8, 4) is 0 Å². The second kappa shape index (κ2) is 7.59. The minimum Gasteiger partial charge on any atom is -0.456 e. The molecule has 1 aliphatic rings. The van der Waals surface area contributed by atoms with Crippen LogP contribution in [0.4, 0.5) is 5.82 Å². The summed E-state index contributed by atoms with van der Waals surface area (Å²) in [5, 5.41) is 9.17. The largest absolute Gasteiger partial charge is 0.456 e. The average molecular weight is 323 g/mol. The van der Waals surface area contributed by atoms with Gasteiger partial charge < -0.3 is 14.8 Å². The lowest BCUT2D eigenvalue weighted by Crippen LogP contribution is -2.25. The predicted molar refractivity (Wildman–Crippen MR) is 85.2 cm³/mol. The third-order valence-corrected chi connectivity index (χ3v) is 3.64. The predicted octanol–water partition coefficient (Wildman–Crippen LogP) is 2.51. The topological polar surface area (TPSA) is 93.3 Å². The SMILES string of the molecule is CC(C)(C)OC(=O)c1cn[nH]c1NC(=O)CCC1CCOCC1. The molecule has 2 rings (SSSR count). The van der Waals surface area contributed by atoms with Crippen LogP contribution < -0.4 is 5.32 Å². The number of hydrogen-bond acceptors (Lipinski definition) is 5. The Balaban J connectivity index is 1.86. The van der Waals surface area contributed by atoms with Gasteiger partial charge in [0.15, 0.2) is 0 Å². The first-order chi connectivity index (χ1) is 10.8. The van der Waals surface area contributed by atoms with E-state index in [4.69, 9.17) is 9.47 Å². The molecule has 0 aromatic carbocycles. The van der Waals surface area contributed by atoms with Crippen LogP contribution in [0, 0.1) is 5.92 Å². The van der Waals surface area contributed by atoms with Gasteiger partial charge in [-0.05, 0) is 46.0 Å². The molecule has 2 N–H and O–H groups in total. The second-order valence-corrected chi connectivity index (χ2v) is 6.80. The van der Waals surface area contributed by atoms with Crippen molar-refractivity contribution in [1.29, 1.82) is 0 Å². The summed E-state index contributed by atoms with van der Waals surface area (Å²) in [6, 6.07) is 0. The van der Waals surface area contributed by atoms with Crippen molar-refractivity contribution in [2.75, 3.05) is 18.5 Å². The molecule has 0 atom stereocenters. The molecule has 7 heteroatoms. The van der Waals surface area contributed by atoms with Crippen LogP contribution in [0.1, 0.15) is 56.8 Å². The number of nitrogens with one attached hydrogen (secondary N) is 2. The standard InChI is InChI=1S/C16H25N3O4/c1-16(2,3)23-15(21)12-10-17-19-14(12)18-13(20)5-4-11-6-8-22-9-7-11/h10-11H,4-9H2,1-3H3,(H2,17,18,19,20). The maximum absolute atomic E-state index is 12.1. The van der Waals surface area contributed by atoms with Crippen LogP contribution in [-0.2, 0) is 14.3 Å². The molecule has 128 valence electrons. The zero-order valence-electron chi connectivity index (χ0n) is 14.0. The average Bonchev–Trinajstić information content (AvgIpc) is 2.93. The van der Waals surface area contributed by atoms with Crippen molar-refractivity contribution in [2.24, 2.45) is 5.92 Å². The van der Waals surface area contributed by atoms with E-state index in [1.165, 1.54) is 6.20 Å². The quantitative estimate of drug-likeness (QED) is 0.812. The van der Waals surface area contributed by atoms with Gasteiger partial charge in [0.25, 0.3) is 0 Å². The Hall–Kier alpha value is -1.89. The second-order valence-electron chi connectivity index (χ2n) is 6.80. The number of nitrogens with zero attached hydrogens (tertiary/aromatic N) is 1. The summed E-state index contributed by atoms with van der Waals surface area (Å²) in [7, 11) is 0. The summed E-state index contributed by atoms with van der Waals surface area (Å²) in [6.45, 7) is 6.91. The lowest BCUT2D eigenvalue weighted by molar-refractivity contribution is -0.116. The van der Waals surface area contributed by atoms with Crippen molar-refractivity contribution in [1.82, 2.24) is 10.2 Å². The first kappa shape index (κ1) is 17.5. The van der Waals surface area contributed by atoms with Crippen molar-refractivity contribution in [3.63, 3.8) is 0 Å². The maximum atomic E-state index is 12.1. The van der Waals surface area contributed by atoms with E-state index in [2.05, 4.69) is 15.5 Å². The van der Waals surface area contributed by atoms with Gasteiger partial charge in [0, 0.05) is 19.6 Å². The molecule has 1 aliphatic heterocycles. The minimum atomic E-state index is -0.599. The summed E-state index contributed by atoms with van der Waals surface area (Å²) in [5.74, 6) is 0.175. The highest BCUT2D eigenvalue weighted by Crippen LogP contribution is 2.21. The Morgan fingerprint density at radius 1 is 1.39 bits per heavy atom. The number of carbonyl (C=O) groups is 2. The molecule has 0 saturated carbocycles. The van der Waals surface area contributed by atoms with Gasteiger partial charge in [-0.2, -0.15) is 5.10 Å². The Bertz CT molecular complexity index is 542. The number of aromatic amines is 1. The van der Waals surface area contributed by atoms with E-state index in [0.29, 0.717) is 12.3 Å². The number of rotatable bonds is 5. The minimum absolute atomic E-state index is 0.134. The molecular weight excluding hydrogens is 298 g/mol. The summed E-state index contributed by atoms with van der Waals surface area (Å²) < 4.78 is 10.6. The highest BCUT2D eigenvalue weighted by molar-refractivity contribution is 6.00. The Morgan fingerprint density at radius 2 is 2.09 bits per heavy atom. The number of anilines is 1. The van der Waals surface area contributed by atoms with Crippen LogP contribution in [0.3, 0.4) is 0 Å². The molecule has 1 saturated heterocycles. The third kappa shape index (κ3) is 5.67. The van der Waals surface area contributed by atoms with E-state index >= 15 is 0 Å². The Labute approximate surface area is 136 Å². The molecular formula is C16H25N3O4. The van der Waals surface area contributed by atoms with E-state index in [1.54, 1.807) is 20.8 Å². The zero-order valence-corrected chi connectivity index (χ0v) is 14.0. The van der Waals surface area contributed by atoms with E-state index in [9.17, 15) is 9.59 Å². The first-order valence-corrected chi connectivity index (χ1v) is 7.99. The van der Waals surface area contributed by atoms with Crippen molar-refractivity contribution in [2.45, 2.75) is 52.1 Å². The van der Waals surface area contributed by atoms with E-state index < -0.39 is 11.6 Å². The van der Waals surface area contributed by atoms with Gasteiger partial charge in [-0.3, -0.25) is 9.89 Å². The fourth-order valence-corrected chi connectivity index (χ4v) is 2.44. The highest BCUT2D eigenvalue weighted by Gasteiger charge is 2.23. The molecule has 0 unspecified atom stereocenters. The third-order valence-electron chi connectivity index (χ3n) is 3.64. The first-order valence-electron chi connectivity index (χ1n) is 7.99. The summed E-state index contributed by atoms with van der Waals surface area (Å²) in [6.07, 6.45) is 4.60. The molecule has 0 radical (unpaired) electrons. The number of ether oxygens (including phenoxy) is 2. The van der Waals surface area contributed by atoms with E-state index in [1.807, 2.05) is 0 Å². The normalized spacial score (nSPS) is 16.1. The van der Waals surface area contributed by atoms with E-state index in [0.717, 1.165) is 32.5 Å². The fraction of sp³-hybridized carbons (Fsp3) is 0.688. The van der Waals surface area contributed by atoms with Crippen LogP contribution >= 0.6 is 0 Å². The maximum Gasteiger partial charge on any atom is 0.344 e. The number of aromatic nitrogens is 2. The monoisotopic (exact) mass is 323 g/mol. The van der Waals surface area contributed by atoms with Gasteiger partial charge in [0.05, 0.1) is 6.20 Å². The molecule has 1 aromatic heterocycles. The van der Waals surface area contributed by atoms with Crippen LogP contribution in [-0.4, -0.2) is 40.9 Å². The molecule has 1 fully saturated rings. The fourth-order valence-electron chi connectivity index (χ4n) is 2.44. The molecule has 1 amide bonds. The van der Waals surface area contributed by atoms with Crippen molar-refractivity contribution in [3.05, 3.63) is 11.8 Å². The number of hydrogen-bond donors (Lipinski definition) is 2. The molecule has 7 nitrogen and oxygen atoms in total. The van der Waals surface area contributed by atoms with Crippen LogP contribution in [0.2, 0.25) is 0 Å². The zero-order chi connectivity index (χ0) is 16.9. The van der Waals surface area contributed by atoms with Crippen LogP contribution in [0.25, 0.3) is 0 Å². The van der Waals surface area contributed by atoms with E-state index in [-0.39, 0.29) is 17.3 Å². The summed E-state index contributed by atoms with van der Waals surface area (Å²) in [4.78, 5) is 24.2. The summed E-state index contributed by atoms with van der Waals surface area (Å²) in [5.41, 5.74) is -0.363. The van der Waals surface area contributed by atoms with Crippen LogP contribution in [0.5, 0.6) is 0 Å². The van der Waals surface area contributed by atoms with Crippen LogP contribution in [0.15, 0.2) is 6.20 Å².